The van der Waals surface area contributed by atoms with Crippen molar-refractivity contribution >= 4 is 18.0 Å². The molecule has 128 valence electrons. The second-order valence-corrected chi connectivity index (χ2v) is 5.32. The number of carbonyl (C=O) groups is 3. The molecular weight excluding hydrogens is 312 g/mol. The number of hydrogen-bond donors (Lipinski definition) is 2. The first kappa shape index (κ1) is 17.5. The van der Waals surface area contributed by atoms with E-state index in [1.165, 1.54) is 0 Å². The second-order valence-electron chi connectivity index (χ2n) is 5.32. The average Bonchev–Trinajstić information content (AvgIpc) is 2.52. The van der Waals surface area contributed by atoms with E-state index in [0.717, 1.165) is 5.56 Å². The molecule has 0 bridgehead atoms. The van der Waals surface area contributed by atoms with Gasteiger partial charge in [-0.3, -0.25) is 0 Å². The lowest BCUT2D eigenvalue weighted by Gasteiger charge is -2.26. The molecule has 2 amide bonds. The minimum absolute atomic E-state index is 0.208. The van der Waals surface area contributed by atoms with Crippen LogP contribution in [0.2, 0.25) is 0 Å². The molecule has 2 rings (SSSR count). The van der Waals surface area contributed by atoms with E-state index in [4.69, 9.17) is 9.47 Å². The third-order valence-electron chi connectivity index (χ3n) is 3.58. The predicted molar refractivity (Wildman–Crippen MR) is 86.2 cm³/mol. The Kier molecular flexibility index (Phi) is 5.57. The van der Waals surface area contributed by atoms with Crippen molar-refractivity contribution in [3.8, 4) is 0 Å². The number of hydrogen-bond acceptors (Lipinski definition) is 5. The average molecular weight is 332 g/mol. The maximum absolute atomic E-state index is 12.2. The molecule has 7 nitrogen and oxygen atoms in total. The molecule has 24 heavy (non-hydrogen) atoms. The molecule has 1 atom stereocenters. The maximum atomic E-state index is 12.2. The largest absolute Gasteiger partial charge is 0.463 e. The summed E-state index contributed by atoms with van der Waals surface area (Å²) in [6.45, 7) is 5.14. The standard InChI is InChI=1S/C17H20N2O5/c1-4-23-16(21)14-11(3)18-17(22)19-13(14)9-24-15(20)12-8-6-5-7-10(12)2/h5-8,11H,4,9H2,1-3H3,(H2,18,19,22)/t11-/m0/s1. The monoisotopic (exact) mass is 332 g/mol. The first-order chi connectivity index (χ1) is 11.4. The van der Waals surface area contributed by atoms with Crippen LogP contribution < -0.4 is 10.6 Å². The molecule has 0 fully saturated rings. The zero-order valence-electron chi connectivity index (χ0n) is 13.8. The smallest absolute Gasteiger partial charge is 0.338 e. The van der Waals surface area contributed by atoms with E-state index in [-0.39, 0.29) is 24.5 Å². The maximum Gasteiger partial charge on any atom is 0.338 e. The summed E-state index contributed by atoms with van der Waals surface area (Å²) >= 11 is 0. The van der Waals surface area contributed by atoms with Crippen LogP contribution in [0.5, 0.6) is 0 Å². The zero-order chi connectivity index (χ0) is 17.7. The van der Waals surface area contributed by atoms with Gasteiger partial charge in [0.15, 0.2) is 0 Å². The van der Waals surface area contributed by atoms with Gasteiger partial charge in [0.05, 0.1) is 29.5 Å². The lowest BCUT2D eigenvalue weighted by Crippen LogP contribution is -2.50. The van der Waals surface area contributed by atoms with Gasteiger partial charge in [-0.25, -0.2) is 14.4 Å². The summed E-state index contributed by atoms with van der Waals surface area (Å²) in [5, 5.41) is 5.09. The van der Waals surface area contributed by atoms with Crippen molar-refractivity contribution in [2.75, 3.05) is 13.2 Å². The van der Waals surface area contributed by atoms with E-state index in [9.17, 15) is 14.4 Å². The quantitative estimate of drug-likeness (QED) is 0.800. The second kappa shape index (κ2) is 7.63. The highest BCUT2D eigenvalue weighted by molar-refractivity contribution is 5.95. The molecule has 7 heteroatoms. The van der Waals surface area contributed by atoms with Crippen LogP contribution in [-0.4, -0.2) is 37.2 Å². The summed E-state index contributed by atoms with van der Waals surface area (Å²) < 4.78 is 10.3. The summed E-state index contributed by atoms with van der Waals surface area (Å²) in [6.07, 6.45) is 0. The van der Waals surface area contributed by atoms with Gasteiger partial charge in [0, 0.05) is 0 Å². The van der Waals surface area contributed by atoms with Crippen molar-refractivity contribution in [2.24, 2.45) is 0 Å². The summed E-state index contributed by atoms with van der Waals surface area (Å²) in [5.74, 6) is -1.08. The van der Waals surface area contributed by atoms with Crippen LogP contribution in [0.25, 0.3) is 0 Å². The van der Waals surface area contributed by atoms with Gasteiger partial charge < -0.3 is 20.1 Å². The Bertz CT molecular complexity index is 696. The Balaban J connectivity index is 2.19. The highest BCUT2D eigenvalue weighted by Crippen LogP contribution is 2.16. The fourth-order valence-electron chi connectivity index (χ4n) is 2.41. The van der Waals surface area contributed by atoms with Crippen LogP contribution in [-0.2, 0) is 14.3 Å². The summed E-state index contributed by atoms with van der Waals surface area (Å²) in [5.41, 5.74) is 1.69. The van der Waals surface area contributed by atoms with Gasteiger partial charge in [-0.2, -0.15) is 0 Å². The Morgan fingerprint density at radius 3 is 2.54 bits per heavy atom. The summed E-state index contributed by atoms with van der Waals surface area (Å²) in [6, 6.07) is 6.02. The molecule has 0 saturated carbocycles. The Morgan fingerprint density at radius 1 is 1.17 bits per heavy atom. The Hall–Kier alpha value is -2.83. The predicted octanol–water partition coefficient (Wildman–Crippen LogP) is 1.67. The number of urea groups is 1. The molecule has 1 heterocycles. The number of amides is 2. The van der Waals surface area contributed by atoms with E-state index in [2.05, 4.69) is 10.6 Å². The van der Waals surface area contributed by atoms with E-state index in [0.29, 0.717) is 5.56 Å². The van der Waals surface area contributed by atoms with Crippen LogP contribution in [0, 0.1) is 6.92 Å². The van der Waals surface area contributed by atoms with Crippen molar-refractivity contribution < 1.29 is 23.9 Å². The van der Waals surface area contributed by atoms with E-state index >= 15 is 0 Å². The minimum atomic E-state index is -0.556. The topological polar surface area (TPSA) is 93.7 Å². The molecule has 0 radical (unpaired) electrons. The van der Waals surface area contributed by atoms with Crippen molar-refractivity contribution in [2.45, 2.75) is 26.8 Å². The Morgan fingerprint density at radius 2 is 1.88 bits per heavy atom. The first-order valence-electron chi connectivity index (χ1n) is 7.64. The third-order valence-corrected chi connectivity index (χ3v) is 3.58. The normalized spacial score (nSPS) is 17.0. The molecule has 0 spiro atoms. The van der Waals surface area contributed by atoms with Crippen LogP contribution in [0.15, 0.2) is 35.5 Å². The van der Waals surface area contributed by atoms with Crippen molar-refractivity contribution in [1.82, 2.24) is 10.6 Å². The summed E-state index contributed by atoms with van der Waals surface area (Å²) in [7, 11) is 0. The van der Waals surface area contributed by atoms with Crippen molar-refractivity contribution in [3.63, 3.8) is 0 Å². The molecule has 0 saturated heterocycles. The lowest BCUT2D eigenvalue weighted by molar-refractivity contribution is -0.139. The van der Waals surface area contributed by atoms with E-state index in [1.807, 2.05) is 6.07 Å². The SMILES string of the molecule is CCOC(=O)C1=C(COC(=O)c2ccccc2C)NC(=O)N[C@H]1C. The fraction of sp³-hybridized carbons (Fsp3) is 0.353. The lowest BCUT2D eigenvalue weighted by atomic mass is 10.0. The molecule has 1 aromatic carbocycles. The van der Waals surface area contributed by atoms with Crippen LogP contribution in [0.1, 0.15) is 29.8 Å². The van der Waals surface area contributed by atoms with Crippen LogP contribution in [0.3, 0.4) is 0 Å². The minimum Gasteiger partial charge on any atom is -0.463 e. The number of ether oxygens (including phenoxy) is 2. The van der Waals surface area contributed by atoms with Gasteiger partial charge in [0.25, 0.3) is 0 Å². The highest BCUT2D eigenvalue weighted by Gasteiger charge is 2.30. The number of benzene rings is 1. The van der Waals surface area contributed by atoms with Gasteiger partial charge in [0.1, 0.15) is 6.61 Å². The van der Waals surface area contributed by atoms with Gasteiger partial charge in [-0.05, 0) is 32.4 Å². The molecular formula is C17H20N2O5. The molecule has 0 aliphatic carbocycles. The van der Waals surface area contributed by atoms with Crippen LogP contribution >= 0.6 is 0 Å². The van der Waals surface area contributed by atoms with Crippen molar-refractivity contribution in [3.05, 3.63) is 46.7 Å². The summed E-state index contributed by atoms with van der Waals surface area (Å²) in [4.78, 5) is 35.9. The van der Waals surface area contributed by atoms with Crippen molar-refractivity contribution in [1.29, 1.82) is 0 Å². The third kappa shape index (κ3) is 3.92. The Labute approximate surface area is 140 Å². The van der Waals surface area contributed by atoms with E-state index < -0.39 is 24.0 Å². The number of esters is 2. The van der Waals surface area contributed by atoms with Gasteiger partial charge in [-0.1, -0.05) is 18.2 Å². The van der Waals surface area contributed by atoms with Crippen LogP contribution in [0.4, 0.5) is 4.79 Å². The number of nitrogens with one attached hydrogen (secondary N) is 2. The van der Waals surface area contributed by atoms with Gasteiger partial charge >= 0.3 is 18.0 Å². The van der Waals surface area contributed by atoms with E-state index in [1.54, 1.807) is 39.0 Å². The molecule has 1 aliphatic heterocycles. The number of rotatable bonds is 5. The number of carbonyl (C=O) groups excluding carboxylic acids is 3. The molecule has 2 N–H and O–H groups in total. The van der Waals surface area contributed by atoms with Gasteiger partial charge in [0.2, 0.25) is 0 Å². The molecule has 1 aromatic rings. The molecule has 1 aliphatic rings. The highest BCUT2D eigenvalue weighted by atomic mass is 16.5. The van der Waals surface area contributed by atoms with Gasteiger partial charge in [-0.15, -0.1) is 0 Å². The fourth-order valence-corrected chi connectivity index (χ4v) is 2.41. The molecule has 0 aromatic heterocycles. The molecule has 0 unspecified atom stereocenters. The number of aryl methyl sites for hydroxylation is 1. The zero-order valence-corrected chi connectivity index (χ0v) is 13.8. The first-order valence-corrected chi connectivity index (χ1v) is 7.64.